The summed E-state index contributed by atoms with van der Waals surface area (Å²) in [6.45, 7) is 0. The maximum absolute atomic E-state index is 9.32. The van der Waals surface area contributed by atoms with Gasteiger partial charge in [-0.05, 0) is 95.7 Å². The molecule has 0 fully saturated rings. The predicted molar refractivity (Wildman–Crippen MR) is 206 cm³/mol. The van der Waals surface area contributed by atoms with Crippen LogP contribution >= 0.6 is 0 Å². The molecule has 0 radical (unpaired) electrons. The zero-order chi connectivity index (χ0) is 41.9. The number of fused-ring (bicyclic) bond motifs is 5. The molecule has 0 saturated carbocycles. The molecule has 0 bridgehead atoms. The van der Waals surface area contributed by atoms with Crippen molar-refractivity contribution in [1.29, 1.82) is 0 Å². The van der Waals surface area contributed by atoms with Crippen LogP contribution in [0.1, 0.15) is 15.1 Å². The van der Waals surface area contributed by atoms with Gasteiger partial charge in [0, 0.05) is 16.5 Å². The zero-order valence-corrected chi connectivity index (χ0v) is 25.9. The highest BCUT2D eigenvalue weighted by Crippen LogP contribution is 2.54. The van der Waals surface area contributed by atoms with Crippen LogP contribution < -0.4 is 4.74 Å². The van der Waals surface area contributed by atoms with Crippen LogP contribution in [0.4, 0.5) is 0 Å². The van der Waals surface area contributed by atoms with E-state index in [1.54, 1.807) is 6.07 Å². The third-order valence-electron chi connectivity index (χ3n) is 9.22. The quantitative estimate of drug-likeness (QED) is 0.175. The monoisotopic (exact) mass is 633 g/mol. The highest BCUT2D eigenvalue weighted by molar-refractivity contribution is 6.24. The fraction of sp³-hybridized carbons (Fsp3) is 0. The summed E-state index contributed by atoms with van der Waals surface area (Å²) in [5, 5.41) is 2.81. The van der Waals surface area contributed by atoms with Gasteiger partial charge in [-0.3, -0.25) is 0 Å². The second-order valence-electron chi connectivity index (χ2n) is 12.0. The molecule has 49 heavy (non-hydrogen) atoms. The van der Waals surface area contributed by atoms with E-state index in [0.29, 0.717) is 11.3 Å². The number of benzene rings is 9. The Bertz CT molecular complexity index is 3310. The molecule has 1 aliphatic heterocycles. The molecule has 0 amide bonds. The number of hydrogen-bond acceptors (Lipinski definition) is 1. The average molecular weight is 634 g/mol. The predicted octanol–water partition coefficient (Wildman–Crippen LogP) is 13.6. The van der Waals surface area contributed by atoms with Crippen molar-refractivity contribution in [2.45, 2.75) is 0 Å². The minimum atomic E-state index is -0.658. The molecular formula is C48H30O. The molecule has 0 aliphatic carbocycles. The molecule has 10 rings (SSSR count). The lowest BCUT2D eigenvalue weighted by atomic mass is 9.82. The van der Waals surface area contributed by atoms with Crippen molar-refractivity contribution in [2.75, 3.05) is 0 Å². The van der Waals surface area contributed by atoms with Gasteiger partial charge in [-0.25, -0.2) is 0 Å². The molecule has 0 aromatic heterocycles. The standard InChI is InChI=1S/C48H30O/c1-3-11-31(12-4-1)37-26-28-42-45(30-37)49-44-20-10-19-40-43-29-36(25-27-41(43)46(48(42)47(40)44)35-14-5-2-6-15-35)32-21-23-34(24-22-32)39-18-9-16-33-13-7-8-17-38(33)39/h1-30H/i7D,8D,9D,13D,16D,17D,18D,21D,22D,23D,24D. The third kappa shape index (κ3) is 4.47. The first-order valence-corrected chi connectivity index (χ1v) is 15.9. The average Bonchev–Trinajstić information content (AvgIpc) is 3.27. The van der Waals surface area contributed by atoms with Crippen LogP contribution in [0, 0.1) is 0 Å². The molecule has 228 valence electrons. The lowest BCUT2D eigenvalue weighted by molar-refractivity contribution is 0.487. The van der Waals surface area contributed by atoms with Crippen molar-refractivity contribution in [3.63, 3.8) is 0 Å². The van der Waals surface area contributed by atoms with Crippen molar-refractivity contribution < 1.29 is 19.8 Å². The first-order chi connectivity index (χ1) is 28.9. The molecule has 0 saturated heterocycles. The number of rotatable bonds is 4. The Morgan fingerprint density at radius 1 is 0.367 bits per heavy atom. The lowest BCUT2D eigenvalue weighted by Gasteiger charge is -2.26. The first kappa shape index (κ1) is 18.8. The highest BCUT2D eigenvalue weighted by Gasteiger charge is 2.27. The molecular weight excluding hydrogens is 593 g/mol. The molecule has 1 aliphatic rings. The number of hydrogen-bond donors (Lipinski definition) is 0. The Morgan fingerprint density at radius 2 is 1.08 bits per heavy atom. The molecule has 9 aromatic carbocycles. The minimum Gasteiger partial charge on any atom is -0.456 e. The van der Waals surface area contributed by atoms with E-state index >= 15 is 0 Å². The smallest absolute Gasteiger partial charge is 0.135 e. The van der Waals surface area contributed by atoms with Gasteiger partial charge in [0.05, 0.1) is 15.1 Å². The summed E-state index contributed by atoms with van der Waals surface area (Å²) < 4.78 is 103. The molecule has 0 atom stereocenters. The summed E-state index contributed by atoms with van der Waals surface area (Å²) in [6, 6.07) is 31.6. The Balaban J connectivity index is 1.24. The fourth-order valence-electron chi connectivity index (χ4n) is 7.00. The summed E-state index contributed by atoms with van der Waals surface area (Å²) in [5.41, 5.74) is 5.61. The van der Waals surface area contributed by atoms with E-state index in [-0.39, 0.29) is 27.5 Å². The van der Waals surface area contributed by atoms with Crippen LogP contribution in [0.2, 0.25) is 0 Å². The summed E-state index contributed by atoms with van der Waals surface area (Å²) in [5.74, 6) is 1.39. The number of ether oxygens (including phenoxy) is 1. The van der Waals surface area contributed by atoms with Crippen molar-refractivity contribution in [3.05, 3.63) is 182 Å². The molecule has 0 unspecified atom stereocenters. The summed E-state index contributed by atoms with van der Waals surface area (Å²) >= 11 is 0. The van der Waals surface area contributed by atoms with Gasteiger partial charge in [-0.15, -0.1) is 0 Å². The Hall–Kier alpha value is -6.44. The molecule has 1 heteroatoms. The minimum absolute atomic E-state index is 0.00614. The van der Waals surface area contributed by atoms with Crippen molar-refractivity contribution in [1.82, 2.24) is 0 Å². The van der Waals surface area contributed by atoms with E-state index < -0.39 is 66.5 Å². The largest absolute Gasteiger partial charge is 0.456 e. The van der Waals surface area contributed by atoms with Gasteiger partial charge < -0.3 is 4.74 Å². The fourth-order valence-corrected chi connectivity index (χ4v) is 7.00. The van der Waals surface area contributed by atoms with Gasteiger partial charge >= 0.3 is 0 Å². The molecule has 0 spiro atoms. The highest BCUT2D eigenvalue weighted by atomic mass is 16.5. The van der Waals surface area contributed by atoms with E-state index in [2.05, 4.69) is 42.5 Å². The molecule has 1 heterocycles. The van der Waals surface area contributed by atoms with E-state index in [0.717, 1.165) is 60.7 Å². The topological polar surface area (TPSA) is 9.23 Å². The maximum Gasteiger partial charge on any atom is 0.135 e. The molecule has 1 nitrogen and oxygen atoms in total. The van der Waals surface area contributed by atoms with E-state index in [4.69, 9.17) is 14.3 Å². The van der Waals surface area contributed by atoms with E-state index in [1.807, 2.05) is 66.7 Å². The van der Waals surface area contributed by atoms with Gasteiger partial charge in [-0.1, -0.05) is 157 Å². The lowest BCUT2D eigenvalue weighted by Crippen LogP contribution is -2.01. The van der Waals surface area contributed by atoms with Crippen LogP contribution in [-0.2, 0) is 0 Å². The van der Waals surface area contributed by atoms with Gasteiger partial charge in [0.1, 0.15) is 11.5 Å². The second kappa shape index (κ2) is 11.1. The SMILES string of the molecule is [2H]c1c([2H])c(-c2c([2H])c([2H])c([2H])c3c([2H])c([2H])c([2H])c([2H])c23)c([2H])c([2H])c1-c1ccc2c(-c3ccccc3)c3c4c(cccc4c2c1)Oc1cc(-c2ccccc2)ccc1-3. The van der Waals surface area contributed by atoms with Crippen LogP contribution in [0.5, 0.6) is 11.5 Å². The van der Waals surface area contributed by atoms with Gasteiger partial charge in [0.2, 0.25) is 0 Å². The molecule has 0 N–H and O–H groups in total. The Morgan fingerprint density at radius 3 is 1.92 bits per heavy atom. The Labute approximate surface area is 300 Å². The Kier molecular flexibility index (Phi) is 4.25. The van der Waals surface area contributed by atoms with Crippen LogP contribution in [0.3, 0.4) is 0 Å². The summed E-state index contributed by atoms with van der Waals surface area (Å²) in [4.78, 5) is 0. The van der Waals surface area contributed by atoms with E-state index in [9.17, 15) is 5.48 Å². The maximum atomic E-state index is 9.32. The zero-order valence-electron chi connectivity index (χ0n) is 36.9. The van der Waals surface area contributed by atoms with Crippen molar-refractivity contribution >= 4 is 32.3 Å². The van der Waals surface area contributed by atoms with Crippen LogP contribution in [0.25, 0.3) is 88.0 Å². The van der Waals surface area contributed by atoms with E-state index in [1.165, 1.54) is 0 Å². The van der Waals surface area contributed by atoms with Crippen LogP contribution in [0.15, 0.2) is 182 Å². The van der Waals surface area contributed by atoms with Crippen molar-refractivity contribution in [3.8, 4) is 67.1 Å². The molecule has 9 aromatic rings. The van der Waals surface area contributed by atoms with Crippen molar-refractivity contribution in [2.24, 2.45) is 0 Å². The van der Waals surface area contributed by atoms with Gasteiger partial charge in [-0.2, -0.15) is 0 Å². The summed E-state index contributed by atoms with van der Waals surface area (Å²) in [6.07, 6.45) is 0. The summed E-state index contributed by atoms with van der Waals surface area (Å²) in [7, 11) is 0. The third-order valence-corrected chi connectivity index (χ3v) is 9.22. The first-order valence-electron chi connectivity index (χ1n) is 21.4. The normalized spacial score (nSPS) is 15.0. The second-order valence-corrected chi connectivity index (χ2v) is 12.0. The van der Waals surface area contributed by atoms with Gasteiger partial charge in [0.15, 0.2) is 0 Å². The van der Waals surface area contributed by atoms with Gasteiger partial charge in [0.25, 0.3) is 0 Å². The van der Waals surface area contributed by atoms with Crippen LogP contribution in [-0.4, -0.2) is 0 Å².